The van der Waals surface area contributed by atoms with Crippen molar-refractivity contribution in [2.45, 2.75) is 6.42 Å². The van der Waals surface area contributed by atoms with Gasteiger partial charge in [-0.15, -0.1) is 6.58 Å². The molecule has 0 aliphatic heterocycles. The van der Waals surface area contributed by atoms with Crippen LogP contribution in [-0.2, 0) is 11.2 Å². The maximum atomic E-state index is 12.4. The second-order valence-electron chi connectivity index (χ2n) is 6.62. The predicted molar refractivity (Wildman–Crippen MR) is 127 cm³/mol. The molecule has 0 bridgehead atoms. The maximum Gasteiger partial charge on any atom is 0.343 e. The number of ether oxygens (including phenoxy) is 2. The van der Waals surface area contributed by atoms with Gasteiger partial charge in [0.2, 0.25) is 0 Å². The standard InChI is InChI=1S/C25H21BrN2O4/c1-2-8-18-9-6-7-12-22(18)31-17-24(29)28-27-16-20-15-21(26)13-14-23(20)32-25(30)19-10-4-3-5-11-19/h2-7,9-16H,1,8,17H2,(H,28,29). The third-order valence-corrected chi connectivity index (χ3v) is 4.77. The number of hydrazone groups is 1. The molecular weight excluding hydrogens is 472 g/mol. The number of amides is 1. The second kappa shape index (κ2) is 11.6. The molecule has 3 rings (SSSR count). The van der Waals surface area contributed by atoms with E-state index in [1.165, 1.54) is 6.21 Å². The fourth-order valence-electron chi connectivity index (χ4n) is 2.76. The normalized spacial score (nSPS) is 10.5. The predicted octanol–water partition coefficient (Wildman–Crippen LogP) is 4.93. The van der Waals surface area contributed by atoms with E-state index < -0.39 is 11.9 Å². The van der Waals surface area contributed by atoms with Gasteiger partial charge in [-0.2, -0.15) is 5.10 Å². The van der Waals surface area contributed by atoms with Gasteiger partial charge in [-0.05, 0) is 48.4 Å². The van der Waals surface area contributed by atoms with Gasteiger partial charge in [0.1, 0.15) is 11.5 Å². The molecule has 0 saturated carbocycles. The van der Waals surface area contributed by atoms with Crippen LogP contribution in [0.4, 0.5) is 0 Å². The van der Waals surface area contributed by atoms with E-state index in [2.05, 4.69) is 33.0 Å². The van der Waals surface area contributed by atoms with Crippen molar-refractivity contribution < 1.29 is 19.1 Å². The molecule has 32 heavy (non-hydrogen) atoms. The smallest absolute Gasteiger partial charge is 0.343 e. The first-order valence-electron chi connectivity index (χ1n) is 9.77. The molecule has 0 spiro atoms. The summed E-state index contributed by atoms with van der Waals surface area (Å²) in [5.41, 5.74) is 4.30. The summed E-state index contributed by atoms with van der Waals surface area (Å²) in [5.74, 6) is 0.0222. The first-order chi connectivity index (χ1) is 15.6. The first-order valence-corrected chi connectivity index (χ1v) is 10.6. The minimum absolute atomic E-state index is 0.195. The summed E-state index contributed by atoms with van der Waals surface area (Å²) in [6.07, 6.45) is 3.82. The Hall–Kier alpha value is -3.71. The van der Waals surface area contributed by atoms with E-state index in [0.717, 1.165) is 10.0 Å². The average molecular weight is 493 g/mol. The summed E-state index contributed by atoms with van der Waals surface area (Å²) >= 11 is 3.38. The summed E-state index contributed by atoms with van der Waals surface area (Å²) in [6, 6.07) is 21.2. The molecule has 3 aromatic rings. The van der Waals surface area contributed by atoms with Gasteiger partial charge in [0.25, 0.3) is 5.91 Å². The largest absolute Gasteiger partial charge is 0.483 e. The Balaban J connectivity index is 1.61. The van der Waals surface area contributed by atoms with Crippen LogP contribution in [0.2, 0.25) is 0 Å². The number of nitrogens with one attached hydrogen (secondary N) is 1. The molecule has 0 radical (unpaired) electrons. The monoisotopic (exact) mass is 492 g/mol. The topological polar surface area (TPSA) is 77.0 Å². The molecule has 0 unspecified atom stereocenters. The molecule has 0 heterocycles. The molecule has 6 nitrogen and oxygen atoms in total. The van der Waals surface area contributed by atoms with E-state index in [4.69, 9.17) is 9.47 Å². The van der Waals surface area contributed by atoms with Crippen molar-refractivity contribution in [3.8, 4) is 11.5 Å². The van der Waals surface area contributed by atoms with E-state index >= 15 is 0 Å². The number of esters is 1. The molecule has 1 amide bonds. The van der Waals surface area contributed by atoms with Gasteiger partial charge in [-0.3, -0.25) is 4.79 Å². The minimum atomic E-state index is -0.488. The molecule has 0 saturated heterocycles. The Morgan fingerprint density at radius 1 is 1.00 bits per heavy atom. The van der Waals surface area contributed by atoms with Crippen LogP contribution in [0.15, 0.2) is 95.0 Å². The molecule has 0 fully saturated rings. The van der Waals surface area contributed by atoms with E-state index in [1.807, 2.05) is 24.3 Å². The van der Waals surface area contributed by atoms with Gasteiger partial charge in [-0.25, -0.2) is 10.2 Å². The number of hydrogen-bond donors (Lipinski definition) is 1. The van der Waals surface area contributed by atoms with Gasteiger partial charge >= 0.3 is 5.97 Å². The SMILES string of the molecule is C=CCc1ccccc1OCC(=O)NN=Cc1cc(Br)ccc1OC(=O)c1ccccc1. The lowest BCUT2D eigenvalue weighted by Crippen LogP contribution is -2.24. The van der Waals surface area contributed by atoms with Gasteiger partial charge < -0.3 is 9.47 Å². The van der Waals surface area contributed by atoms with Crippen LogP contribution in [-0.4, -0.2) is 24.7 Å². The van der Waals surface area contributed by atoms with Crippen molar-refractivity contribution in [2.24, 2.45) is 5.10 Å². The molecule has 162 valence electrons. The quantitative estimate of drug-likeness (QED) is 0.151. The van der Waals surface area contributed by atoms with Crippen molar-refractivity contribution >= 4 is 34.0 Å². The number of hydrogen-bond acceptors (Lipinski definition) is 5. The molecule has 0 aliphatic rings. The highest BCUT2D eigenvalue weighted by Crippen LogP contribution is 2.23. The zero-order valence-electron chi connectivity index (χ0n) is 17.2. The Morgan fingerprint density at radius 3 is 2.53 bits per heavy atom. The van der Waals surface area contributed by atoms with Crippen LogP contribution in [0.1, 0.15) is 21.5 Å². The van der Waals surface area contributed by atoms with Crippen LogP contribution in [0, 0.1) is 0 Å². The summed E-state index contributed by atoms with van der Waals surface area (Å²) in [4.78, 5) is 24.5. The number of carbonyl (C=O) groups excluding carboxylic acids is 2. The Bertz CT molecular complexity index is 1130. The Labute approximate surface area is 194 Å². The Morgan fingerprint density at radius 2 is 1.75 bits per heavy atom. The van der Waals surface area contributed by atoms with Gasteiger partial charge in [0, 0.05) is 10.0 Å². The highest BCUT2D eigenvalue weighted by atomic mass is 79.9. The number of para-hydroxylation sites is 1. The first kappa shape index (κ1) is 23.0. The Kier molecular flexibility index (Phi) is 8.34. The average Bonchev–Trinajstić information content (AvgIpc) is 2.81. The number of benzene rings is 3. The van der Waals surface area contributed by atoms with E-state index in [0.29, 0.717) is 29.0 Å². The van der Waals surface area contributed by atoms with Crippen molar-refractivity contribution in [3.63, 3.8) is 0 Å². The van der Waals surface area contributed by atoms with Crippen molar-refractivity contribution in [2.75, 3.05) is 6.61 Å². The third-order valence-electron chi connectivity index (χ3n) is 4.27. The number of halogens is 1. The second-order valence-corrected chi connectivity index (χ2v) is 7.54. The number of nitrogens with zero attached hydrogens (tertiary/aromatic N) is 1. The third kappa shape index (κ3) is 6.65. The molecule has 1 N–H and O–H groups in total. The van der Waals surface area contributed by atoms with Crippen LogP contribution in [0.3, 0.4) is 0 Å². The lowest BCUT2D eigenvalue weighted by atomic mass is 10.1. The highest BCUT2D eigenvalue weighted by molar-refractivity contribution is 9.10. The summed E-state index contributed by atoms with van der Waals surface area (Å²) < 4.78 is 11.8. The van der Waals surface area contributed by atoms with Crippen LogP contribution < -0.4 is 14.9 Å². The molecule has 0 atom stereocenters. The van der Waals surface area contributed by atoms with Crippen molar-refractivity contribution in [1.29, 1.82) is 0 Å². The lowest BCUT2D eigenvalue weighted by Gasteiger charge is -2.09. The van der Waals surface area contributed by atoms with Crippen LogP contribution in [0.5, 0.6) is 11.5 Å². The van der Waals surface area contributed by atoms with E-state index in [9.17, 15) is 9.59 Å². The lowest BCUT2D eigenvalue weighted by molar-refractivity contribution is -0.123. The zero-order valence-corrected chi connectivity index (χ0v) is 18.7. The molecular formula is C25H21BrN2O4. The molecule has 0 aliphatic carbocycles. The summed E-state index contributed by atoms with van der Waals surface area (Å²) in [7, 11) is 0. The number of allylic oxidation sites excluding steroid dienone is 1. The van der Waals surface area contributed by atoms with E-state index in [1.54, 1.807) is 54.6 Å². The van der Waals surface area contributed by atoms with Gasteiger partial charge in [-0.1, -0.05) is 58.4 Å². The molecule has 0 aromatic heterocycles. The van der Waals surface area contributed by atoms with Gasteiger partial charge in [0.15, 0.2) is 6.61 Å². The fourth-order valence-corrected chi connectivity index (χ4v) is 3.14. The zero-order chi connectivity index (χ0) is 22.8. The van der Waals surface area contributed by atoms with E-state index in [-0.39, 0.29) is 6.61 Å². The molecule has 7 heteroatoms. The summed E-state index contributed by atoms with van der Waals surface area (Å²) in [5, 5.41) is 3.96. The number of carbonyl (C=O) groups is 2. The van der Waals surface area contributed by atoms with Gasteiger partial charge in [0.05, 0.1) is 11.8 Å². The van der Waals surface area contributed by atoms with Crippen LogP contribution in [0.25, 0.3) is 0 Å². The maximum absolute atomic E-state index is 12.4. The highest BCUT2D eigenvalue weighted by Gasteiger charge is 2.11. The molecule has 3 aromatic carbocycles. The minimum Gasteiger partial charge on any atom is -0.483 e. The van der Waals surface area contributed by atoms with Crippen molar-refractivity contribution in [3.05, 3.63) is 107 Å². The number of rotatable bonds is 9. The fraction of sp³-hybridized carbons (Fsp3) is 0.0800. The van der Waals surface area contributed by atoms with Crippen molar-refractivity contribution in [1.82, 2.24) is 5.43 Å². The summed E-state index contributed by atoms with van der Waals surface area (Å²) in [6.45, 7) is 3.53. The van der Waals surface area contributed by atoms with Crippen LogP contribution >= 0.6 is 15.9 Å².